The molecule has 18 heavy (non-hydrogen) atoms. The number of hydrogen-bond donors (Lipinski definition) is 1. The van der Waals surface area contributed by atoms with Crippen LogP contribution in [0.1, 0.15) is 29.3 Å². The molecule has 0 aliphatic heterocycles. The van der Waals surface area contributed by atoms with Crippen LogP contribution in [-0.4, -0.2) is 23.2 Å². The number of nitrogens with one attached hydrogen (secondary N) is 1. The summed E-state index contributed by atoms with van der Waals surface area (Å²) in [6.07, 6.45) is 0.693. The smallest absolute Gasteiger partial charge is 0.252 e. The molecule has 0 aliphatic rings. The molecule has 0 heterocycles. The monoisotopic (exact) mass is 351 g/mol. The summed E-state index contributed by atoms with van der Waals surface area (Å²) in [7, 11) is 0. The quantitative estimate of drug-likeness (QED) is 0.793. The second kappa shape index (κ2) is 6.78. The molecule has 0 spiro atoms. The molecule has 0 fully saturated rings. The summed E-state index contributed by atoms with van der Waals surface area (Å²) >= 11 is 15.2. The van der Waals surface area contributed by atoms with E-state index in [-0.39, 0.29) is 5.91 Å². The molecule has 5 heteroatoms. The number of carbonyl (C=O) groups excluding carboxylic acids is 1. The molecule has 0 bridgehead atoms. The molecule has 100 valence electrons. The number of amides is 1. The average Bonchev–Trinajstić information content (AvgIpc) is 2.38. The highest BCUT2D eigenvalue weighted by Gasteiger charge is 2.29. The number of aryl methyl sites for hydroxylation is 1. The molecule has 2 nitrogen and oxygen atoms in total. The molecule has 0 atom stereocenters. The molecule has 0 aliphatic carbocycles. The Morgan fingerprint density at radius 2 is 2.00 bits per heavy atom. The Labute approximate surface area is 126 Å². The van der Waals surface area contributed by atoms with Gasteiger partial charge in [-0.2, -0.15) is 0 Å². The van der Waals surface area contributed by atoms with Crippen molar-refractivity contribution in [3.8, 4) is 0 Å². The molecule has 0 saturated heterocycles. The van der Waals surface area contributed by atoms with Gasteiger partial charge in [-0.1, -0.05) is 28.9 Å². The topological polar surface area (TPSA) is 29.1 Å². The van der Waals surface area contributed by atoms with E-state index in [0.717, 1.165) is 10.0 Å². The van der Waals surface area contributed by atoms with Crippen molar-refractivity contribution in [2.45, 2.75) is 25.8 Å². The fourth-order valence-corrected chi connectivity index (χ4v) is 2.69. The Morgan fingerprint density at radius 3 is 2.50 bits per heavy atom. The van der Waals surface area contributed by atoms with Gasteiger partial charge < -0.3 is 5.32 Å². The summed E-state index contributed by atoms with van der Waals surface area (Å²) in [5.41, 5.74) is 1.01. The highest BCUT2D eigenvalue weighted by molar-refractivity contribution is 9.10. The van der Waals surface area contributed by atoms with Crippen molar-refractivity contribution in [3.05, 3.63) is 33.8 Å². The standard InChI is InChI=1S/C13H16BrCl2NO/c1-3-13(7-15,8-16)17-12(18)11-6-10(14)5-4-9(11)2/h4-6H,3,7-8H2,1-2H3,(H,17,18). The number of benzene rings is 1. The summed E-state index contributed by atoms with van der Waals surface area (Å²) in [4.78, 5) is 12.3. The number of carbonyl (C=O) groups is 1. The first kappa shape index (κ1) is 15.8. The van der Waals surface area contributed by atoms with Crippen molar-refractivity contribution in [1.82, 2.24) is 5.32 Å². The highest BCUT2D eigenvalue weighted by Crippen LogP contribution is 2.19. The van der Waals surface area contributed by atoms with Gasteiger partial charge >= 0.3 is 0 Å². The van der Waals surface area contributed by atoms with Crippen LogP contribution >= 0.6 is 39.1 Å². The zero-order valence-corrected chi connectivity index (χ0v) is 13.5. The predicted octanol–water partition coefficient (Wildman–Crippen LogP) is 4.11. The Balaban J connectivity index is 2.97. The van der Waals surface area contributed by atoms with E-state index in [1.54, 1.807) is 6.07 Å². The van der Waals surface area contributed by atoms with Gasteiger partial charge in [0.25, 0.3) is 5.91 Å². The van der Waals surface area contributed by atoms with Gasteiger partial charge in [-0.05, 0) is 31.0 Å². The number of alkyl halides is 2. The second-order valence-electron chi connectivity index (χ2n) is 4.31. The van der Waals surface area contributed by atoms with Crippen LogP contribution in [0.5, 0.6) is 0 Å². The highest BCUT2D eigenvalue weighted by atomic mass is 79.9. The van der Waals surface area contributed by atoms with Crippen LogP contribution in [-0.2, 0) is 0 Å². The minimum absolute atomic E-state index is 0.142. The predicted molar refractivity (Wildman–Crippen MR) is 80.8 cm³/mol. The van der Waals surface area contributed by atoms with Gasteiger partial charge in [0.1, 0.15) is 0 Å². The molecule has 1 rings (SSSR count). The fourth-order valence-electron chi connectivity index (χ4n) is 1.53. The Hall–Kier alpha value is -0.250. The lowest BCUT2D eigenvalue weighted by Gasteiger charge is -2.29. The van der Waals surface area contributed by atoms with E-state index in [0.29, 0.717) is 23.7 Å². The molecule has 0 radical (unpaired) electrons. The summed E-state index contributed by atoms with van der Waals surface area (Å²) < 4.78 is 0.872. The summed E-state index contributed by atoms with van der Waals surface area (Å²) in [5.74, 6) is 0.453. The van der Waals surface area contributed by atoms with Crippen LogP contribution in [0.25, 0.3) is 0 Å². The van der Waals surface area contributed by atoms with Crippen molar-refractivity contribution < 1.29 is 4.79 Å². The van der Waals surface area contributed by atoms with Crippen LogP contribution < -0.4 is 5.32 Å². The molecule has 0 aromatic heterocycles. The van der Waals surface area contributed by atoms with Crippen molar-refractivity contribution in [2.75, 3.05) is 11.8 Å². The summed E-state index contributed by atoms with van der Waals surface area (Å²) in [6.45, 7) is 3.86. The van der Waals surface area contributed by atoms with Gasteiger partial charge in [-0.3, -0.25) is 4.79 Å². The first-order chi connectivity index (χ1) is 8.48. The molecule has 1 N–H and O–H groups in total. The zero-order valence-electron chi connectivity index (χ0n) is 10.4. The zero-order chi connectivity index (χ0) is 13.8. The van der Waals surface area contributed by atoms with E-state index in [4.69, 9.17) is 23.2 Å². The maximum atomic E-state index is 12.3. The van der Waals surface area contributed by atoms with E-state index in [1.165, 1.54) is 0 Å². The van der Waals surface area contributed by atoms with Crippen LogP contribution in [0.15, 0.2) is 22.7 Å². The lowest BCUT2D eigenvalue weighted by molar-refractivity contribution is 0.0913. The summed E-state index contributed by atoms with van der Waals surface area (Å²) in [6, 6.07) is 5.60. The maximum Gasteiger partial charge on any atom is 0.252 e. The number of halogens is 3. The molecule has 1 aromatic carbocycles. The molecular formula is C13H16BrCl2NO. The third-order valence-corrected chi connectivity index (χ3v) is 4.53. The molecule has 0 unspecified atom stereocenters. The van der Waals surface area contributed by atoms with E-state index in [2.05, 4.69) is 21.2 Å². The van der Waals surface area contributed by atoms with Gasteiger partial charge in [0.15, 0.2) is 0 Å². The normalized spacial score (nSPS) is 11.4. The first-order valence-corrected chi connectivity index (χ1v) is 7.55. The molecular weight excluding hydrogens is 337 g/mol. The van der Waals surface area contributed by atoms with Crippen LogP contribution in [0.2, 0.25) is 0 Å². The minimum atomic E-state index is -0.547. The van der Waals surface area contributed by atoms with E-state index in [9.17, 15) is 4.79 Å². The van der Waals surface area contributed by atoms with Crippen molar-refractivity contribution in [3.63, 3.8) is 0 Å². The maximum absolute atomic E-state index is 12.3. The lowest BCUT2D eigenvalue weighted by atomic mass is 9.99. The van der Waals surface area contributed by atoms with E-state index in [1.807, 2.05) is 26.0 Å². The third kappa shape index (κ3) is 3.62. The van der Waals surface area contributed by atoms with Crippen LogP contribution in [0.4, 0.5) is 0 Å². The SMILES string of the molecule is CCC(CCl)(CCl)NC(=O)c1cc(Br)ccc1C. The van der Waals surface area contributed by atoms with Gasteiger partial charge in [0, 0.05) is 21.8 Å². The lowest BCUT2D eigenvalue weighted by Crippen LogP contribution is -2.51. The van der Waals surface area contributed by atoms with Crippen LogP contribution in [0, 0.1) is 6.92 Å². The first-order valence-electron chi connectivity index (χ1n) is 5.68. The molecule has 1 amide bonds. The Morgan fingerprint density at radius 1 is 1.39 bits per heavy atom. The van der Waals surface area contributed by atoms with E-state index < -0.39 is 5.54 Å². The second-order valence-corrected chi connectivity index (χ2v) is 5.76. The minimum Gasteiger partial charge on any atom is -0.344 e. The Kier molecular flexibility index (Phi) is 5.96. The van der Waals surface area contributed by atoms with E-state index >= 15 is 0 Å². The average molecular weight is 353 g/mol. The number of rotatable bonds is 5. The molecule has 1 aromatic rings. The van der Waals surface area contributed by atoms with Crippen molar-refractivity contribution in [2.24, 2.45) is 0 Å². The van der Waals surface area contributed by atoms with Crippen molar-refractivity contribution >= 4 is 45.0 Å². The Bertz CT molecular complexity index is 425. The van der Waals surface area contributed by atoms with Crippen LogP contribution in [0.3, 0.4) is 0 Å². The fraction of sp³-hybridized carbons (Fsp3) is 0.462. The largest absolute Gasteiger partial charge is 0.344 e. The molecule has 0 saturated carbocycles. The van der Waals surface area contributed by atoms with Gasteiger partial charge in [0.05, 0.1) is 5.54 Å². The number of hydrogen-bond acceptors (Lipinski definition) is 1. The summed E-state index contributed by atoms with van der Waals surface area (Å²) in [5, 5.41) is 2.94. The third-order valence-electron chi connectivity index (χ3n) is 3.01. The van der Waals surface area contributed by atoms with Crippen molar-refractivity contribution in [1.29, 1.82) is 0 Å². The van der Waals surface area contributed by atoms with Gasteiger partial charge in [-0.25, -0.2) is 0 Å². The van der Waals surface area contributed by atoms with Gasteiger partial charge in [-0.15, -0.1) is 23.2 Å². The van der Waals surface area contributed by atoms with Gasteiger partial charge in [0.2, 0.25) is 0 Å².